The molecular formula is C25H26N4O3S. The highest BCUT2D eigenvalue weighted by Gasteiger charge is 2.26. The van der Waals surface area contributed by atoms with Gasteiger partial charge in [-0.1, -0.05) is 59.0 Å². The summed E-state index contributed by atoms with van der Waals surface area (Å²) in [4.78, 5) is 22.6. The number of nitrogens with zero attached hydrogens (tertiary/aromatic N) is 4. The number of anilines is 1. The molecule has 33 heavy (non-hydrogen) atoms. The molecule has 0 atom stereocenters. The summed E-state index contributed by atoms with van der Waals surface area (Å²) in [6.45, 7) is 8.55. The van der Waals surface area contributed by atoms with Crippen molar-refractivity contribution in [2.45, 2.75) is 13.8 Å². The number of hydrogen-bond donors (Lipinski definition) is 0. The van der Waals surface area contributed by atoms with Crippen molar-refractivity contribution in [1.29, 1.82) is 0 Å². The number of ether oxygens (including phenoxy) is 1. The summed E-state index contributed by atoms with van der Waals surface area (Å²) in [5, 5.41) is 4.78. The number of rotatable bonds is 6. The zero-order valence-electron chi connectivity index (χ0n) is 18.8. The van der Waals surface area contributed by atoms with Crippen LogP contribution < -0.4 is 4.90 Å². The van der Waals surface area contributed by atoms with Gasteiger partial charge in [0, 0.05) is 37.8 Å². The van der Waals surface area contributed by atoms with E-state index in [2.05, 4.69) is 36.0 Å². The summed E-state index contributed by atoms with van der Waals surface area (Å²) in [7, 11) is 0. The van der Waals surface area contributed by atoms with Gasteiger partial charge in [0.15, 0.2) is 16.6 Å². The Labute approximate surface area is 196 Å². The van der Waals surface area contributed by atoms with E-state index < -0.39 is 0 Å². The van der Waals surface area contributed by atoms with Crippen molar-refractivity contribution >= 4 is 32.6 Å². The van der Waals surface area contributed by atoms with Crippen molar-refractivity contribution in [2.24, 2.45) is 0 Å². The third-order valence-electron chi connectivity index (χ3n) is 5.94. The highest BCUT2D eigenvalue weighted by atomic mass is 32.1. The van der Waals surface area contributed by atoms with E-state index in [-0.39, 0.29) is 11.6 Å². The number of carbonyl (C=O) groups is 1. The lowest BCUT2D eigenvalue weighted by molar-refractivity contribution is 0.0391. The number of fused-ring (bicyclic) bond motifs is 1. The average Bonchev–Trinajstić information content (AvgIpc) is 3.52. The zero-order chi connectivity index (χ0) is 22.8. The third-order valence-corrected chi connectivity index (χ3v) is 7.15. The SMILES string of the molecule is Cc1ccc(C)c2sc(N(CCN3CCOCC3)C(=O)c3cc(-c4ccccc4)on3)nc12. The monoisotopic (exact) mass is 462 g/mol. The number of aromatic nitrogens is 2. The fourth-order valence-corrected chi connectivity index (χ4v) is 5.10. The van der Waals surface area contributed by atoms with Crippen LogP contribution in [0, 0.1) is 13.8 Å². The number of carbonyl (C=O) groups excluding carboxylic acids is 1. The summed E-state index contributed by atoms with van der Waals surface area (Å²) >= 11 is 1.55. The fraction of sp³-hybridized carbons (Fsp3) is 0.320. The van der Waals surface area contributed by atoms with Gasteiger partial charge in [0.1, 0.15) is 0 Å². The average molecular weight is 463 g/mol. The fourth-order valence-electron chi connectivity index (χ4n) is 3.97. The number of benzene rings is 2. The molecule has 0 aliphatic carbocycles. The Bertz CT molecular complexity index is 1220. The molecule has 2 aromatic heterocycles. The molecule has 8 heteroatoms. The molecule has 7 nitrogen and oxygen atoms in total. The molecule has 0 N–H and O–H groups in total. The van der Waals surface area contributed by atoms with Gasteiger partial charge < -0.3 is 9.26 Å². The minimum atomic E-state index is -0.205. The summed E-state index contributed by atoms with van der Waals surface area (Å²) in [5.41, 5.74) is 4.38. The summed E-state index contributed by atoms with van der Waals surface area (Å²) in [5.74, 6) is 0.367. The van der Waals surface area contributed by atoms with Crippen molar-refractivity contribution in [3.63, 3.8) is 0 Å². The Hall–Kier alpha value is -3.07. The molecule has 0 saturated carbocycles. The normalized spacial score (nSPS) is 14.6. The van der Waals surface area contributed by atoms with E-state index in [0.717, 1.165) is 59.8 Å². The Morgan fingerprint density at radius 1 is 1.09 bits per heavy atom. The number of aryl methyl sites for hydroxylation is 2. The molecule has 0 bridgehead atoms. The quantitative estimate of drug-likeness (QED) is 0.419. The standard InChI is InChI=1S/C25H26N4O3S/c1-17-8-9-18(2)23-22(17)26-25(33-23)29(11-10-28-12-14-31-15-13-28)24(30)20-16-21(32-27-20)19-6-4-3-5-7-19/h3-9,16H,10-15H2,1-2H3. The van der Waals surface area contributed by atoms with Crippen LogP contribution in [0.2, 0.25) is 0 Å². The van der Waals surface area contributed by atoms with Crippen LogP contribution in [0.1, 0.15) is 21.6 Å². The van der Waals surface area contributed by atoms with Crippen molar-refractivity contribution in [3.8, 4) is 11.3 Å². The van der Waals surface area contributed by atoms with Crippen LogP contribution in [0.3, 0.4) is 0 Å². The van der Waals surface area contributed by atoms with E-state index in [0.29, 0.717) is 17.4 Å². The summed E-state index contributed by atoms with van der Waals surface area (Å²) in [6.07, 6.45) is 0. The highest BCUT2D eigenvalue weighted by molar-refractivity contribution is 7.22. The maximum atomic E-state index is 13.6. The van der Waals surface area contributed by atoms with Crippen LogP contribution in [0.25, 0.3) is 21.5 Å². The Balaban J connectivity index is 1.47. The Kier molecular flexibility index (Phi) is 6.22. The molecule has 0 radical (unpaired) electrons. The largest absolute Gasteiger partial charge is 0.379 e. The second kappa shape index (κ2) is 9.43. The van der Waals surface area contributed by atoms with Gasteiger partial charge >= 0.3 is 0 Å². The van der Waals surface area contributed by atoms with Crippen molar-refractivity contribution in [1.82, 2.24) is 15.0 Å². The van der Waals surface area contributed by atoms with Gasteiger partial charge in [0.25, 0.3) is 5.91 Å². The molecule has 1 aliphatic heterocycles. The van der Waals surface area contributed by atoms with Gasteiger partial charge in [-0.3, -0.25) is 14.6 Å². The summed E-state index contributed by atoms with van der Waals surface area (Å²) in [6, 6.07) is 15.6. The molecule has 1 saturated heterocycles. The number of morpholine rings is 1. The smallest absolute Gasteiger partial charge is 0.282 e. The predicted molar refractivity (Wildman–Crippen MR) is 130 cm³/mol. The van der Waals surface area contributed by atoms with Crippen LogP contribution >= 0.6 is 11.3 Å². The Morgan fingerprint density at radius 2 is 1.85 bits per heavy atom. The van der Waals surface area contributed by atoms with E-state index in [1.165, 1.54) is 0 Å². The van der Waals surface area contributed by atoms with Gasteiger partial charge in [0.2, 0.25) is 0 Å². The van der Waals surface area contributed by atoms with Gasteiger partial charge in [-0.25, -0.2) is 4.98 Å². The lowest BCUT2D eigenvalue weighted by Crippen LogP contribution is -2.43. The minimum absolute atomic E-state index is 0.205. The molecule has 5 rings (SSSR count). The number of thiazole rings is 1. The van der Waals surface area contributed by atoms with Crippen LogP contribution in [0.5, 0.6) is 0 Å². The van der Waals surface area contributed by atoms with Crippen LogP contribution in [0.15, 0.2) is 53.1 Å². The number of hydrogen-bond acceptors (Lipinski definition) is 7. The number of amides is 1. The molecule has 3 heterocycles. The first-order valence-electron chi connectivity index (χ1n) is 11.1. The molecule has 0 spiro atoms. The topological polar surface area (TPSA) is 71.7 Å². The van der Waals surface area contributed by atoms with Gasteiger partial charge in [-0.05, 0) is 25.0 Å². The van der Waals surface area contributed by atoms with E-state index in [1.807, 2.05) is 30.3 Å². The second-order valence-electron chi connectivity index (χ2n) is 8.23. The zero-order valence-corrected chi connectivity index (χ0v) is 19.6. The third kappa shape index (κ3) is 4.55. The van der Waals surface area contributed by atoms with E-state index >= 15 is 0 Å². The van der Waals surface area contributed by atoms with Crippen molar-refractivity contribution in [3.05, 3.63) is 65.4 Å². The first-order chi connectivity index (χ1) is 16.1. The maximum Gasteiger partial charge on any atom is 0.282 e. The highest BCUT2D eigenvalue weighted by Crippen LogP contribution is 2.34. The molecule has 1 amide bonds. The van der Waals surface area contributed by atoms with Gasteiger partial charge in [-0.2, -0.15) is 0 Å². The van der Waals surface area contributed by atoms with Crippen LogP contribution in [-0.4, -0.2) is 60.3 Å². The minimum Gasteiger partial charge on any atom is -0.379 e. The first-order valence-corrected chi connectivity index (χ1v) is 11.9. The van der Waals surface area contributed by atoms with E-state index in [1.54, 1.807) is 22.3 Å². The molecule has 1 fully saturated rings. The molecule has 170 valence electrons. The van der Waals surface area contributed by atoms with Crippen molar-refractivity contribution < 1.29 is 14.1 Å². The van der Waals surface area contributed by atoms with Crippen molar-refractivity contribution in [2.75, 3.05) is 44.3 Å². The van der Waals surface area contributed by atoms with Crippen LogP contribution in [0.4, 0.5) is 5.13 Å². The van der Waals surface area contributed by atoms with Gasteiger partial charge in [0.05, 0.1) is 23.4 Å². The molecule has 0 unspecified atom stereocenters. The predicted octanol–water partition coefficient (Wildman–Crippen LogP) is 4.55. The lowest BCUT2D eigenvalue weighted by Gasteiger charge is -2.28. The van der Waals surface area contributed by atoms with Gasteiger partial charge in [-0.15, -0.1) is 0 Å². The van der Waals surface area contributed by atoms with E-state index in [4.69, 9.17) is 14.2 Å². The van der Waals surface area contributed by atoms with Crippen LogP contribution in [-0.2, 0) is 4.74 Å². The van der Waals surface area contributed by atoms with E-state index in [9.17, 15) is 4.79 Å². The Morgan fingerprint density at radius 3 is 2.61 bits per heavy atom. The maximum absolute atomic E-state index is 13.6. The molecule has 2 aromatic carbocycles. The molecular weight excluding hydrogens is 436 g/mol. The molecule has 4 aromatic rings. The first kappa shape index (κ1) is 21.8. The molecule has 1 aliphatic rings. The second-order valence-corrected chi connectivity index (χ2v) is 9.20. The summed E-state index contributed by atoms with van der Waals surface area (Å²) < 4.78 is 12.1. The lowest BCUT2D eigenvalue weighted by atomic mass is 10.1.